The first-order chi connectivity index (χ1) is 16.7. The molecule has 1 N–H and O–H groups in total. The third-order valence-corrected chi connectivity index (χ3v) is 7.29. The Bertz CT molecular complexity index is 1400. The molecule has 1 aliphatic heterocycles. The first-order valence-corrected chi connectivity index (χ1v) is 12.1. The minimum absolute atomic E-state index is 0.0752. The number of nitrogens with zero attached hydrogens (tertiary/aromatic N) is 2. The maximum Gasteiger partial charge on any atom is 0.350 e. The molecule has 1 aromatic heterocycles. The van der Waals surface area contributed by atoms with Crippen molar-refractivity contribution >= 4 is 55.8 Å². The van der Waals surface area contributed by atoms with E-state index in [2.05, 4.69) is 20.9 Å². The number of esters is 1. The van der Waals surface area contributed by atoms with Crippen LogP contribution in [0.5, 0.6) is 5.75 Å². The number of Topliss-reactive ketones (excluding diaryl/α,β-unsaturated/α-hetero) is 1. The van der Waals surface area contributed by atoms with Crippen LogP contribution in [0.15, 0.2) is 52.5 Å². The molecule has 1 atom stereocenters. The van der Waals surface area contributed by atoms with Gasteiger partial charge in [0, 0.05) is 10.0 Å². The Morgan fingerprint density at radius 3 is 2.51 bits per heavy atom. The zero-order valence-electron chi connectivity index (χ0n) is 19.3. The second kappa shape index (κ2) is 9.63. The van der Waals surface area contributed by atoms with Gasteiger partial charge in [0.05, 0.1) is 31.5 Å². The Hall–Kier alpha value is -3.50. The minimum atomic E-state index is -0.968. The van der Waals surface area contributed by atoms with Crippen molar-refractivity contribution in [2.75, 3.05) is 19.1 Å². The van der Waals surface area contributed by atoms with E-state index in [9.17, 15) is 19.5 Å². The van der Waals surface area contributed by atoms with Gasteiger partial charge in [0.1, 0.15) is 16.4 Å². The molecule has 2 heterocycles. The van der Waals surface area contributed by atoms with Gasteiger partial charge in [0.25, 0.3) is 5.78 Å². The van der Waals surface area contributed by atoms with Crippen molar-refractivity contribution in [3.63, 3.8) is 0 Å². The topological polar surface area (TPSA) is 106 Å². The third kappa shape index (κ3) is 4.35. The molecule has 1 unspecified atom stereocenters. The summed E-state index contributed by atoms with van der Waals surface area (Å²) in [6, 6.07) is 11.2. The molecule has 2 aromatic carbocycles. The number of aryl methyl sites for hydroxylation is 2. The molecule has 0 spiro atoms. The number of thiazole rings is 1. The number of anilines is 1. The lowest BCUT2D eigenvalue weighted by Crippen LogP contribution is -2.29. The number of methoxy groups -OCH3 is 2. The number of aromatic nitrogens is 1. The Balaban J connectivity index is 1.95. The Labute approximate surface area is 213 Å². The van der Waals surface area contributed by atoms with Crippen molar-refractivity contribution in [3.05, 3.63) is 79.8 Å². The van der Waals surface area contributed by atoms with Gasteiger partial charge in [-0.25, -0.2) is 9.78 Å². The predicted octanol–water partition coefficient (Wildman–Crippen LogP) is 4.94. The zero-order valence-corrected chi connectivity index (χ0v) is 21.7. The molecule has 0 bridgehead atoms. The Kier molecular flexibility index (Phi) is 6.77. The fourth-order valence-corrected chi connectivity index (χ4v) is 5.39. The molecular formula is C25H21BrN2O6S. The van der Waals surface area contributed by atoms with E-state index < -0.39 is 23.7 Å². The highest BCUT2D eigenvalue weighted by molar-refractivity contribution is 9.10. The van der Waals surface area contributed by atoms with Gasteiger partial charge in [-0.15, -0.1) is 0 Å². The SMILES string of the molecule is COC(=O)c1sc(N2C(=O)C(=O)/C(=C(/O)c3ccc(OC)cc3C)C2c2cccc(Br)c2)nc1C. The van der Waals surface area contributed by atoms with Crippen LogP contribution in [0.25, 0.3) is 5.76 Å². The van der Waals surface area contributed by atoms with Gasteiger partial charge in [-0.1, -0.05) is 39.4 Å². The van der Waals surface area contributed by atoms with E-state index in [1.165, 1.54) is 19.1 Å². The van der Waals surface area contributed by atoms with Crippen molar-refractivity contribution in [1.82, 2.24) is 4.98 Å². The van der Waals surface area contributed by atoms with Crippen LogP contribution in [0.1, 0.15) is 38.1 Å². The maximum absolute atomic E-state index is 13.3. The monoisotopic (exact) mass is 556 g/mol. The molecule has 8 nitrogen and oxygen atoms in total. The lowest BCUT2D eigenvalue weighted by Gasteiger charge is -2.23. The van der Waals surface area contributed by atoms with E-state index in [-0.39, 0.29) is 21.3 Å². The number of carbonyl (C=O) groups excluding carboxylic acids is 3. The van der Waals surface area contributed by atoms with Crippen LogP contribution < -0.4 is 9.64 Å². The number of hydrogen-bond acceptors (Lipinski definition) is 8. The largest absolute Gasteiger partial charge is 0.507 e. The zero-order chi connectivity index (χ0) is 25.4. The van der Waals surface area contributed by atoms with Crippen molar-refractivity contribution in [2.45, 2.75) is 19.9 Å². The number of ether oxygens (including phenoxy) is 2. The number of carbonyl (C=O) groups is 3. The highest BCUT2D eigenvalue weighted by Gasteiger charge is 2.48. The van der Waals surface area contributed by atoms with Crippen molar-refractivity contribution in [2.24, 2.45) is 0 Å². The van der Waals surface area contributed by atoms with Crippen LogP contribution in [0.4, 0.5) is 5.13 Å². The van der Waals surface area contributed by atoms with Gasteiger partial charge < -0.3 is 14.6 Å². The second-order valence-electron chi connectivity index (χ2n) is 7.81. The van der Waals surface area contributed by atoms with Crippen LogP contribution in [0.2, 0.25) is 0 Å². The van der Waals surface area contributed by atoms with Gasteiger partial charge in [0.2, 0.25) is 0 Å². The molecule has 180 valence electrons. The number of ketones is 1. The number of halogens is 1. The van der Waals surface area contributed by atoms with Gasteiger partial charge >= 0.3 is 11.9 Å². The summed E-state index contributed by atoms with van der Waals surface area (Å²) < 4.78 is 10.8. The molecule has 0 saturated carbocycles. The fourth-order valence-electron chi connectivity index (χ4n) is 3.96. The molecule has 0 aliphatic carbocycles. The van der Waals surface area contributed by atoms with Crippen LogP contribution in [-0.4, -0.2) is 42.0 Å². The van der Waals surface area contributed by atoms with Crippen LogP contribution >= 0.6 is 27.3 Å². The molecule has 0 radical (unpaired) electrons. The normalized spacial score (nSPS) is 17.1. The summed E-state index contributed by atoms with van der Waals surface area (Å²) in [5, 5.41) is 11.5. The Morgan fingerprint density at radius 2 is 1.89 bits per heavy atom. The molecule has 3 aromatic rings. The predicted molar refractivity (Wildman–Crippen MR) is 135 cm³/mol. The van der Waals surface area contributed by atoms with E-state index in [0.29, 0.717) is 28.1 Å². The van der Waals surface area contributed by atoms with Crippen LogP contribution in [0.3, 0.4) is 0 Å². The van der Waals surface area contributed by atoms with E-state index in [4.69, 9.17) is 9.47 Å². The van der Waals surface area contributed by atoms with Crippen molar-refractivity contribution in [3.8, 4) is 5.75 Å². The molecule has 1 aliphatic rings. The summed E-state index contributed by atoms with van der Waals surface area (Å²) in [6.07, 6.45) is 0. The van der Waals surface area contributed by atoms with E-state index >= 15 is 0 Å². The van der Waals surface area contributed by atoms with Crippen molar-refractivity contribution in [1.29, 1.82) is 0 Å². The minimum Gasteiger partial charge on any atom is -0.507 e. The second-order valence-corrected chi connectivity index (χ2v) is 9.70. The van der Waals surface area contributed by atoms with Crippen LogP contribution in [0, 0.1) is 13.8 Å². The summed E-state index contributed by atoms with van der Waals surface area (Å²) in [7, 11) is 2.79. The van der Waals surface area contributed by atoms with E-state index in [1.54, 1.807) is 50.2 Å². The molecular weight excluding hydrogens is 536 g/mol. The molecule has 35 heavy (non-hydrogen) atoms. The standard InChI is InChI=1S/C25H21BrN2O6S/c1-12-10-16(33-3)8-9-17(12)20(29)18-19(14-6-5-7-15(26)11-14)28(23(31)21(18)30)25-27-13(2)22(35-25)24(32)34-4/h5-11,19,29H,1-4H3/b20-18+. The molecule has 1 amide bonds. The summed E-state index contributed by atoms with van der Waals surface area (Å²) in [5.41, 5.74) is 1.94. The molecule has 10 heteroatoms. The average molecular weight is 557 g/mol. The van der Waals surface area contributed by atoms with E-state index in [1.807, 2.05) is 6.07 Å². The Morgan fingerprint density at radius 1 is 1.14 bits per heavy atom. The number of rotatable bonds is 5. The maximum atomic E-state index is 13.3. The fraction of sp³-hybridized carbons (Fsp3) is 0.200. The summed E-state index contributed by atoms with van der Waals surface area (Å²) >= 11 is 4.38. The smallest absolute Gasteiger partial charge is 0.350 e. The first kappa shape index (κ1) is 24.6. The van der Waals surface area contributed by atoms with Gasteiger partial charge in [-0.05, 0) is 55.3 Å². The first-order valence-electron chi connectivity index (χ1n) is 10.4. The summed E-state index contributed by atoms with van der Waals surface area (Å²) in [6.45, 7) is 3.40. The third-order valence-electron chi connectivity index (χ3n) is 5.66. The number of benzene rings is 2. The number of aliphatic hydroxyl groups is 1. The molecule has 1 fully saturated rings. The highest BCUT2D eigenvalue weighted by Crippen LogP contribution is 2.44. The number of amides is 1. The van der Waals surface area contributed by atoms with Gasteiger partial charge in [-0.2, -0.15) is 0 Å². The van der Waals surface area contributed by atoms with Crippen LogP contribution in [-0.2, 0) is 14.3 Å². The number of aliphatic hydroxyl groups excluding tert-OH is 1. The van der Waals surface area contributed by atoms with Crippen molar-refractivity contribution < 1.29 is 29.0 Å². The molecule has 1 saturated heterocycles. The summed E-state index contributed by atoms with van der Waals surface area (Å²) in [4.78, 5) is 44.6. The average Bonchev–Trinajstić information content (AvgIpc) is 3.34. The van der Waals surface area contributed by atoms with Gasteiger partial charge in [-0.3, -0.25) is 14.5 Å². The lowest BCUT2D eigenvalue weighted by molar-refractivity contribution is -0.132. The lowest BCUT2D eigenvalue weighted by atomic mass is 9.94. The van der Waals surface area contributed by atoms with Gasteiger partial charge in [0.15, 0.2) is 5.13 Å². The summed E-state index contributed by atoms with van der Waals surface area (Å²) in [5.74, 6) is -2.01. The highest BCUT2D eigenvalue weighted by atomic mass is 79.9. The molecule has 4 rings (SSSR count). The number of hydrogen-bond donors (Lipinski definition) is 1. The quantitative estimate of drug-likeness (QED) is 0.205. The van der Waals surface area contributed by atoms with E-state index in [0.717, 1.165) is 15.8 Å².